The molecule has 1 heterocycles. The van der Waals surface area contributed by atoms with Crippen molar-refractivity contribution in [3.63, 3.8) is 0 Å². The van der Waals surface area contributed by atoms with Gasteiger partial charge in [-0.05, 0) is 35.7 Å². The molecule has 0 unspecified atom stereocenters. The standard InChI is InChI=1S/C15H17N3O/c1-10(2)11-4-3-5-13(8-11)18-15(19)14-9-12(16)6-7-17-14/h3-10H,1-2H3,(H2,16,17)(H,18,19). The lowest BCUT2D eigenvalue weighted by Gasteiger charge is -2.09. The number of carbonyl (C=O) groups is 1. The molecule has 0 atom stereocenters. The summed E-state index contributed by atoms with van der Waals surface area (Å²) < 4.78 is 0. The topological polar surface area (TPSA) is 68.0 Å². The molecule has 19 heavy (non-hydrogen) atoms. The smallest absolute Gasteiger partial charge is 0.274 e. The first-order valence-electron chi connectivity index (χ1n) is 6.19. The zero-order valence-corrected chi connectivity index (χ0v) is 11.1. The first-order valence-corrected chi connectivity index (χ1v) is 6.19. The molecule has 0 fully saturated rings. The van der Waals surface area contributed by atoms with Crippen LogP contribution in [0.2, 0.25) is 0 Å². The van der Waals surface area contributed by atoms with E-state index >= 15 is 0 Å². The summed E-state index contributed by atoms with van der Waals surface area (Å²) in [6.45, 7) is 4.22. The van der Waals surface area contributed by atoms with Crippen LogP contribution in [0.4, 0.5) is 11.4 Å². The number of aromatic nitrogens is 1. The normalized spacial score (nSPS) is 10.5. The highest BCUT2D eigenvalue weighted by Crippen LogP contribution is 2.19. The van der Waals surface area contributed by atoms with Gasteiger partial charge in [0, 0.05) is 17.6 Å². The first kappa shape index (κ1) is 13.1. The fourth-order valence-electron chi connectivity index (χ4n) is 1.74. The number of amides is 1. The predicted molar refractivity (Wildman–Crippen MR) is 77.1 cm³/mol. The maximum atomic E-state index is 12.0. The molecule has 0 saturated heterocycles. The molecule has 0 spiro atoms. The third kappa shape index (κ3) is 3.31. The van der Waals surface area contributed by atoms with Crippen LogP contribution in [0.5, 0.6) is 0 Å². The second-order valence-electron chi connectivity index (χ2n) is 4.71. The van der Waals surface area contributed by atoms with Crippen LogP contribution in [-0.4, -0.2) is 10.9 Å². The van der Waals surface area contributed by atoms with Crippen molar-refractivity contribution in [1.82, 2.24) is 4.98 Å². The number of nitrogens with two attached hydrogens (primary N) is 1. The molecule has 0 radical (unpaired) electrons. The monoisotopic (exact) mass is 255 g/mol. The van der Waals surface area contributed by atoms with E-state index in [9.17, 15) is 4.79 Å². The van der Waals surface area contributed by atoms with E-state index in [0.29, 0.717) is 17.3 Å². The average Bonchev–Trinajstić information content (AvgIpc) is 2.39. The number of hydrogen-bond donors (Lipinski definition) is 2. The third-order valence-electron chi connectivity index (χ3n) is 2.83. The number of hydrogen-bond acceptors (Lipinski definition) is 3. The number of nitrogen functional groups attached to an aromatic ring is 1. The molecule has 1 aromatic heterocycles. The van der Waals surface area contributed by atoms with Crippen LogP contribution < -0.4 is 11.1 Å². The Bertz CT molecular complexity index is 593. The molecule has 4 nitrogen and oxygen atoms in total. The molecule has 2 aromatic rings. The Morgan fingerprint density at radius 1 is 1.26 bits per heavy atom. The molecule has 0 aliphatic carbocycles. The highest BCUT2D eigenvalue weighted by molar-refractivity contribution is 6.03. The molecule has 0 aliphatic heterocycles. The summed E-state index contributed by atoms with van der Waals surface area (Å²) in [6.07, 6.45) is 1.52. The fraction of sp³-hybridized carbons (Fsp3) is 0.200. The largest absolute Gasteiger partial charge is 0.399 e. The molecule has 1 amide bonds. The Hall–Kier alpha value is -2.36. The summed E-state index contributed by atoms with van der Waals surface area (Å²) in [6, 6.07) is 11.0. The van der Waals surface area contributed by atoms with Gasteiger partial charge in [-0.1, -0.05) is 26.0 Å². The van der Waals surface area contributed by atoms with E-state index in [1.807, 2.05) is 24.3 Å². The summed E-state index contributed by atoms with van der Waals surface area (Å²) in [5, 5.41) is 2.82. The van der Waals surface area contributed by atoms with Crippen LogP contribution in [0.25, 0.3) is 0 Å². The molecule has 3 N–H and O–H groups in total. The van der Waals surface area contributed by atoms with E-state index in [0.717, 1.165) is 5.69 Å². The van der Waals surface area contributed by atoms with E-state index in [1.54, 1.807) is 12.1 Å². The van der Waals surface area contributed by atoms with Crippen molar-refractivity contribution in [3.05, 3.63) is 53.9 Å². The van der Waals surface area contributed by atoms with Crippen molar-refractivity contribution < 1.29 is 4.79 Å². The minimum atomic E-state index is -0.256. The van der Waals surface area contributed by atoms with Crippen molar-refractivity contribution in [2.45, 2.75) is 19.8 Å². The summed E-state index contributed by atoms with van der Waals surface area (Å²) >= 11 is 0. The van der Waals surface area contributed by atoms with Crippen molar-refractivity contribution in [2.24, 2.45) is 0 Å². The highest BCUT2D eigenvalue weighted by Gasteiger charge is 2.08. The molecule has 1 aromatic carbocycles. The Balaban J connectivity index is 2.17. The molecule has 98 valence electrons. The predicted octanol–water partition coefficient (Wildman–Crippen LogP) is 3.04. The van der Waals surface area contributed by atoms with Crippen LogP contribution in [0.3, 0.4) is 0 Å². The highest BCUT2D eigenvalue weighted by atomic mass is 16.1. The van der Waals surface area contributed by atoms with Crippen molar-refractivity contribution in [3.8, 4) is 0 Å². The van der Waals surface area contributed by atoms with Gasteiger partial charge in [0.25, 0.3) is 5.91 Å². The van der Waals surface area contributed by atoms with Gasteiger partial charge in [0.15, 0.2) is 0 Å². The minimum Gasteiger partial charge on any atom is -0.399 e. The van der Waals surface area contributed by atoms with Crippen LogP contribution >= 0.6 is 0 Å². The maximum absolute atomic E-state index is 12.0. The average molecular weight is 255 g/mol. The van der Waals surface area contributed by atoms with Gasteiger partial charge in [-0.25, -0.2) is 0 Å². The number of nitrogens with one attached hydrogen (secondary N) is 1. The van der Waals surface area contributed by atoms with Gasteiger partial charge in [-0.15, -0.1) is 0 Å². The Morgan fingerprint density at radius 3 is 2.74 bits per heavy atom. The van der Waals surface area contributed by atoms with E-state index in [4.69, 9.17) is 5.73 Å². The number of anilines is 2. The number of carbonyl (C=O) groups excluding carboxylic acids is 1. The Morgan fingerprint density at radius 2 is 2.05 bits per heavy atom. The molecule has 0 bridgehead atoms. The van der Waals surface area contributed by atoms with Gasteiger partial charge in [-0.2, -0.15) is 0 Å². The van der Waals surface area contributed by atoms with Crippen LogP contribution in [0, 0.1) is 0 Å². The van der Waals surface area contributed by atoms with Gasteiger partial charge in [0.1, 0.15) is 5.69 Å². The molecular formula is C15H17N3O. The van der Waals surface area contributed by atoms with Gasteiger partial charge < -0.3 is 11.1 Å². The lowest BCUT2D eigenvalue weighted by Crippen LogP contribution is -2.14. The van der Waals surface area contributed by atoms with Gasteiger partial charge in [-0.3, -0.25) is 9.78 Å². The first-order chi connectivity index (χ1) is 9.06. The second-order valence-corrected chi connectivity index (χ2v) is 4.71. The maximum Gasteiger partial charge on any atom is 0.274 e. The second kappa shape index (κ2) is 5.52. The van der Waals surface area contributed by atoms with E-state index < -0.39 is 0 Å². The van der Waals surface area contributed by atoms with E-state index in [1.165, 1.54) is 11.8 Å². The van der Waals surface area contributed by atoms with Gasteiger partial charge in [0.05, 0.1) is 0 Å². The minimum absolute atomic E-state index is 0.256. The Labute approximate surface area is 112 Å². The summed E-state index contributed by atoms with van der Waals surface area (Å²) in [5.74, 6) is 0.163. The molecule has 4 heteroatoms. The lowest BCUT2D eigenvalue weighted by atomic mass is 10.0. The summed E-state index contributed by atoms with van der Waals surface area (Å²) in [7, 11) is 0. The number of pyridine rings is 1. The van der Waals surface area contributed by atoms with Crippen molar-refractivity contribution >= 4 is 17.3 Å². The number of rotatable bonds is 3. The summed E-state index contributed by atoms with van der Waals surface area (Å²) in [5.41, 5.74) is 8.42. The number of benzene rings is 1. The third-order valence-corrected chi connectivity index (χ3v) is 2.83. The van der Waals surface area contributed by atoms with Crippen molar-refractivity contribution in [2.75, 3.05) is 11.1 Å². The molecule has 0 aliphatic rings. The molecule has 0 saturated carbocycles. The summed E-state index contributed by atoms with van der Waals surface area (Å²) in [4.78, 5) is 16.0. The lowest BCUT2D eigenvalue weighted by molar-refractivity contribution is 0.102. The zero-order chi connectivity index (χ0) is 13.8. The number of nitrogens with zero attached hydrogens (tertiary/aromatic N) is 1. The fourth-order valence-corrected chi connectivity index (χ4v) is 1.74. The zero-order valence-electron chi connectivity index (χ0n) is 11.1. The van der Waals surface area contributed by atoms with Crippen LogP contribution in [0.1, 0.15) is 35.8 Å². The molecule has 2 rings (SSSR count). The van der Waals surface area contributed by atoms with E-state index in [2.05, 4.69) is 24.1 Å². The van der Waals surface area contributed by atoms with Crippen molar-refractivity contribution in [1.29, 1.82) is 0 Å². The van der Waals surface area contributed by atoms with Gasteiger partial charge >= 0.3 is 0 Å². The van der Waals surface area contributed by atoms with Crippen LogP contribution in [0.15, 0.2) is 42.6 Å². The molecular weight excluding hydrogens is 238 g/mol. The van der Waals surface area contributed by atoms with E-state index in [-0.39, 0.29) is 5.91 Å². The van der Waals surface area contributed by atoms with Gasteiger partial charge in [0.2, 0.25) is 0 Å². The quantitative estimate of drug-likeness (QED) is 0.885. The SMILES string of the molecule is CC(C)c1cccc(NC(=O)c2cc(N)ccn2)c1. The Kier molecular flexibility index (Phi) is 3.80. The van der Waals surface area contributed by atoms with Crippen LogP contribution in [-0.2, 0) is 0 Å².